The minimum Gasteiger partial charge on any atom is -0.479 e. The van der Waals surface area contributed by atoms with Crippen LogP contribution in [0.4, 0.5) is 11.4 Å². The van der Waals surface area contributed by atoms with Gasteiger partial charge in [-0.1, -0.05) is 0 Å². The molecule has 1 aromatic carbocycles. The van der Waals surface area contributed by atoms with Gasteiger partial charge < -0.3 is 21.3 Å². The minimum absolute atomic E-state index is 0.133. The van der Waals surface area contributed by atoms with Crippen molar-refractivity contribution in [1.82, 2.24) is 0 Å². The smallest absolute Gasteiger partial charge is 0.341 e. The summed E-state index contributed by atoms with van der Waals surface area (Å²) in [6, 6.07) is 4.20. The van der Waals surface area contributed by atoms with E-state index in [1.807, 2.05) is 0 Å². The molecule has 0 saturated carbocycles. The number of carboxylic acids is 1. The van der Waals surface area contributed by atoms with Crippen LogP contribution < -0.4 is 11.5 Å². The normalized spacial score (nSPS) is 9.60. The Morgan fingerprint density at radius 2 is 1.73 bits per heavy atom. The summed E-state index contributed by atoms with van der Waals surface area (Å²) in [5.41, 5.74) is 11.7. The molecule has 0 bridgehead atoms. The van der Waals surface area contributed by atoms with Crippen LogP contribution >= 0.6 is 0 Å². The Kier molecular flexibility index (Phi) is 3.12. The zero-order chi connectivity index (χ0) is 11.4. The van der Waals surface area contributed by atoms with Crippen LogP contribution in [-0.2, 0) is 9.53 Å². The van der Waals surface area contributed by atoms with Crippen LogP contribution in [-0.4, -0.2) is 23.7 Å². The van der Waals surface area contributed by atoms with Crippen LogP contribution in [0.5, 0.6) is 0 Å². The van der Waals surface area contributed by atoms with E-state index in [0.29, 0.717) is 11.4 Å². The Balaban J connectivity index is 2.77. The highest BCUT2D eigenvalue weighted by Crippen LogP contribution is 2.14. The topological polar surface area (TPSA) is 116 Å². The predicted octanol–water partition coefficient (Wildman–Crippen LogP) is 0.0924. The Morgan fingerprint density at radius 3 is 2.20 bits per heavy atom. The average molecular weight is 210 g/mol. The van der Waals surface area contributed by atoms with Crippen molar-refractivity contribution in [3.05, 3.63) is 23.8 Å². The molecule has 1 aromatic rings. The number of esters is 1. The van der Waals surface area contributed by atoms with Crippen LogP contribution in [0, 0.1) is 0 Å². The molecule has 0 aliphatic rings. The molecule has 80 valence electrons. The second kappa shape index (κ2) is 4.32. The van der Waals surface area contributed by atoms with Crippen LogP contribution in [0.2, 0.25) is 0 Å². The zero-order valence-electron chi connectivity index (χ0n) is 7.77. The molecule has 0 fully saturated rings. The second-order valence-electron chi connectivity index (χ2n) is 2.86. The van der Waals surface area contributed by atoms with Crippen molar-refractivity contribution in [2.45, 2.75) is 0 Å². The molecule has 6 nitrogen and oxygen atoms in total. The summed E-state index contributed by atoms with van der Waals surface area (Å²) < 4.78 is 4.45. The van der Waals surface area contributed by atoms with E-state index in [4.69, 9.17) is 16.6 Å². The number of ether oxygens (including phenoxy) is 1. The number of aliphatic carboxylic acids is 1. The summed E-state index contributed by atoms with van der Waals surface area (Å²) in [6.45, 7) is -0.687. The van der Waals surface area contributed by atoms with E-state index in [0.717, 1.165) is 0 Å². The number of anilines is 2. The van der Waals surface area contributed by atoms with Crippen molar-refractivity contribution in [2.75, 3.05) is 18.1 Å². The van der Waals surface area contributed by atoms with Gasteiger partial charge >= 0.3 is 11.9 Å². The van der Waals surface area contributed by atoms with Crippen molar-refractivity contribution < 1.29 is 19.4 Å². The van der Waals surface area contributed by atoms with E-state index >= 15 is 0 Å². The quantitative estimate of drug-likeness (QED) is 0.481. The fraction of sp³-hybridized carbons (Fsp3) is 0.111. The second-order valence-corrected chi connectivity index (χ2v) is 2.86. The van der Waals surface area contributed by atoms with Crippen molar-refractivity contribution in [3.63, 3.8) is 0 Å². The summed E-state index contributed by atoms with van der Waals surface area (Å²) >= 11 is 0. The Bertz CT molecular complexity index is 383. The van der Waals surface area contributed by atoms with Gasteiger partial charge in [0.05, 0.1) is 5.56 Å². The summed E-state index contributed by atoms with van der Waals surface area (Å²) in [5, 5.41) is 8.29. The Labute approximate surface area is 85.4 Å². The molecule has 0 aliphatic heterocycles. The third kappa shape index (κ3) is 3.18. The van der Waals surface area contributed by atoms with Gasteiger partial charge in [0.25, 0.3) is 0 Å². The van der Waals surface area contributed by atoms with E-state index in [1.54, 1.807) is 0 Å². The van der Waals surface area contributed by atoms with Crippen LogP contribution in [0.1, 0.15) is 10.4 Å². The van der Waals surface area contributed by atoms with Crippen molar-refractivity contribution in [3.8, 4) is 0 Å². The number of nitrogens with two attached hydrogens (primary N) is 2. The molecule has 0 radical (unpaired) electrons. The number of nitrogen functional groups attached to an aromatic ring is 2. The molecule has 0 aromatic heterocycles. The predicted molar refractivity (Wildman–Crippen MR) is 53.2 cm³/mol. The molecule has 5 N–H and O–H groups in total. The third-order valence-corrected chi connectivity index (χ3v) is 1.54. The molecule has 0 unspecified atom stereocenters. The summed E-state index contributed by atoms with van der Waals surface area (Å²) in [5.74, 6) is -1.99. The zero-order valence-corrected chi connectivity index (χ0v) is 7.77. The van der Waals surface area contributed by atoms with Gasteiger partial charge in [0.15, 0.2) is 6.61 Å². The first-order valence-electron chi connectivity index (χ1n) is 4.04. The van der Waals surface area contributed by atoms with Crippen LogP contribution in [0.3, 0.4) is 0 Å². The van der Waals surface area contributed by atoms with Crippen LogP contribution in [0.15, 0.2) is 18.2 Å². The third-order valence-electron chi connectivity index (χ3n) is 1.54. The number of carboxylic acid groups (broad SMARTS) is 1. The number of hydrogen-bond acceptors (Lipinski definition) is 5. The summed E-state index contributed by atoms with van der Waals surface area (Å²) in [6.07, 6.45) is 0. The molecule has 1 rings (SSSR count). The van der Waals surface area contributed by atoms with Gasteiger partial charge in [-0.25, -0.2) is 9.59 Å². The average Bonchev–Trinajstić information content (AvgIpc) is 2.12. The van der Waals surface area contributed by atoms with Gasteiger partial charge in [-0.15, -0.1) is 0 Å². The lowest BCUT2D eigenvalue weighted by Gasteiger charge is -2.04. The maximum atomic E-state index is 11.3. The molecule has 0 atom stereocenters. The lowest BCUT2D eigenvalue weighted by molar-refractivity contribution is -0.140. The molecule has 0 saturated heterocycles. The van der Waals surface area contributed by atoms with Gasteiger partial charge in [-0.3, -0.25) is 0 Å². The first-order valence-corrected chi connectivity index (χ1v) is 4.04. The standard InChI is InChI=1S/C9H10N2O4/c10-6-1-5(2-7(11)3-6)9(14)15-4-8(12)13/h1-3H,4,10-11H2,(H,12,13). The lowest BCUT2D eigenvalue weighted by atomic mass is 10.2. The number of carbonyl (C=O) groups is 2. The van der Waals surface area contributed by atoms with Gasteiger partial charge in [-0.2, -0.15) is 0 Å². The molecule has 0 spiro atoms. The molecular formula is C9H10N2O4. The molecule has 15 heavy (non-hydrogen) atoms. The molecular weight excluding hydrogens is 200 g/mol. The summed E-state index contributed by atoms with van der Waals surface area (Å²) in [7, 11) is 0. The van der Waals surface area contributed by atoms with E-state index < -0.39 is 18.5 Å². The number of rotatable bonds is 3. The molecule has 6 heteroatoms. The van der Waals surface area contributed by atoms with Gasteiger partial charge in [0, 0.05) is 11.4 Å². The maximum absolute atomic E-state index is 11.3. The molecule has 0 heterocycles. The highest BCUT2D eigenvalue weighted by atomic mass is 16.5. The van der Waals surface area contributed by atoms with Crippen molar-refractivity contribution in [2.24, 2.45) is 0 Å². The van der Waals surface area contributed by atoms with Gasteiger partial charge in [-0.05, 0) is 18.2 Å². The Morgan fingerprint density at radius 1 is 1.20 bits per heavy atom. The van der Waals surface area contributed by atoms with Crippen molar-refractivity contribution in [1.29, 1.82) is 0 Å². The Hall–Kier alpha value is -2.24. The number of hydrogen-bond donors (Lipinski definition) is 3. The maximum Gasteiger partial charge on any atom is 0.341 e. The molecule has 0 aliphatic carbocycles. The van der Waals surface area contributed by atoms with Gasteiger partial charge in [0.2, 0.25) is 0 Å². The van der Waals surface area contributed by atoms with E-state index in [2.05, 4.69) is 4.74 Å². The van der Waals surface area contributed by atoms with Gasteiger partial charge in [0.1, 0.15) is 0 Å². The van der Waals surface area contributed by atoms with E-state index in [1.165, 1.54) is 18.2 Å². The SMILES string of the molecule is Nc1cc(N)cc(C(=O)OCC(=O)O)c1. The minimum atomic E-state index is -1.22. The first-order chi connectivity index (χ1) is 6.99. The fourth-order valence-electron chi connectivity index (χ4n) is 1.01. The van der Waals surface area contributed by atoms with Crippen molar-refractivity contribution >= 4 is 23.3 Å². The van der Waals surface area contributed by atoms with Crippen LogP contribution in [0.25, 0.3) is 0 Å². The van der Waals surface area contributed by atoms with E-state index in [-0.39, 0.29) is 5.56 Å². The largest absolute Gasteiger partial charge is 0.479 e. The molecule has 0 amide bonds. The number of benzene rings is 1. The number of carbonyl (C=O) groups excluding carboxylic acids is 1. The monoisotopic (exact) mass is 210 g/mol. The summed E-state index contributed by atoms with van der Waals surface area (Å²) in [4.78, 5) is 21.4. The highest BCUT2D eigenvalue weighted by Gasteiger charge is 2.10. The van der Waals surface area contributed by atoms with E-state index in [9.17, 15) is 9.59 Å². The first kappa shape index (κ1) is 10.8. The fourth-order valence-corrected chi connectivity index (χ4v) is 1.01. The highest BCUT2D eigenvalue weighted by molar-refractivity contribution is 5.92. The lowest BCUT2D eigenvalue weighted by Crippen LogP contribution is -2.13.